The van der Waals surface area contributed by atoms with Crippen LogP contribution in [0, 0.1) is 5.92 Å². The second-order valence-corrected chi connectivity index (χ2v) is 11.2. The lowest BCUT2D eigenvalue weighted by Crippen LogP contribution is -2.59. The summed E-state index contributed by atoms with van der Waals surface area (Å²) in [7, 11) is 2.73. The van der Waals surface area contributed by atoms with Crippen LogP contribution in [0.5, 0.6) is 17.2 Å². The molecule has 1 N–H and O–H groups in total. The molecular formula is C32H36O11. The van der Waals surface area contributed by atoms with Gasteiger partial charge < -0.3 is 38.3 Å². The van der Waals surface area contributed by atoms with E-state index in [4.69, 9.17) is 33.2 Å². The highest BCUT2D eigenvalue weighted by Crippen LogP contribution is 2.62. The lowest BCUT2D eigenvalue weighted by Gasteiger charge is -2.48. The maximum Gasteiger partial charge on any atom is 0.334 e. The number of hydrogen-bond acceptors (Lipinski definition) is 11. The Morgan fingerprint density at radius 2 is 1.65 bits per heavy atom. The van der Waals surface area contributed by atoms with Crippen molar-refractivity contribution in [3.63, 3.8) is 0 Å². The van der Waals surface area contributed by atoms with Crippen LogP contribution < -0.4 is 14.2 Å². The van der Waals surface area contributed by atoms with Gasteiger partial charge in [-0.25, -0.2) is 9.59 Å². The maximum absolute atomic E-state index is 14.7. The van der Waals surface area contributed by atoms with Crippen LogP contribution >= 0.6 is 0 Å². The number of ketones is 1. The Bertz CT molecular complexity index is 1530. The minimum absolute atomic E-state index is 0.0865. The van der Waals surface area contributed by atoms with Gasteiger partial charge in [-0.2, -0.15) is 0 Å². The minimum atomic E-state index is -1.90. The number of Topliss-reactive ketones (excluding diaryl/α,β-unsaturated/α-hetero) is 1. The van der Waals surface area contributed by atoms with Crippen molar-refractivity contribution in [3.8, 4) is 17.2 Å². The molecule has 2 aliphatic heterocycles. The fourth-order valence-corrected chi connectivity index (χ4v) is 6.03. The zero-order valence-electron chi connectivity index (χ0n) is 25.5. The molecule has 11 heteroatoms. The van der Waals surface area contributed by atoms with E-state index in [1.165, 1.54) is 21.1 Å². The first kappa shape index (κ1) is 30.2. The van der Waals surface area contributed by atoms with Gasteiger partial charge in [0.15, 0.2) is 23.4 Å². The molecule has 5 rings (SSSR count). The molecule has 4 aliphatic rings. The SMILES string of the molecule is C/C=C(/C)C(=O)O[C@H]1c2cc3c(c4c2[C@@]2(CO4)C(=O)C(OC)=C(OC)C=C2[C@H](OC(=O)/C(C)=C\C)[C@@](C)(O)[C@H]1C)OCO3. The van der Waals surface area contributed by atoms with E-state index >= 15 is 0 Å². The van der Waals surface area contributed by atoms with Crippen molar-refractivity contribution < 1.29 is 52.6 Å². The predicted molar refractivity (Wildman–Crippen MR) is 151 cm³/mol. The van der Waals surface area contributed by atoms with Crippen molar-refractivity contribution >= 4 is 17.7 Å². The number of rotatable bonds is 6. The number of carbonyl (C=O) groups is 3. The van der Waals surface area contributed by atoms with Crippen LogP contribution in [0.2, 0.25) is 0 Å². The zero-order chi connectivity index (χ0) is 31.4. The van der Waals surface area contributed by atoms with E-state index in [0.29, 0.717) is 28.0 Å². The number of carbonyl (C=O) groups excluding carboxylic acids is 3. The van der Waals surface area contributed by atoms with Gasteiger partial charge in [-0.3, -0.25) is 4.79 Å². The number of fused-ring (bicyclic) bond motifs is 2. The van der Waals surface area contributed by atoms with Gasteiger partial charge in [-0.1, -0.05) is 19.1 Å². The molecule has 1 aromatic carbocycles. The fraction of sp³-hybridized carbons (Fsp3) is 0.469. The smallest absolute Gasteiger partial charge is 0.334 e. The molecule has 1 aromatic rings. The minimum Gasteiger partial charge on any atom is -0.493 e. The number of aliphatic hydroxyl groups is 1. The number of esters is 2. The molecule has 2 aliphatic carbocycles. The number of hydrogen-bond donors (Lipinski definition) is 1. The summed E-state index contributed by atoms with van der Waals surface area (Å²) in [5.74, 6) is -1.93. The largest absolute Gasteiger partial charge is 0.493 e. The summed E-state index contributed by atoms with van der Waals surface area (Å²) in [6, 6.07) is 1.65. The third-order valence-corrected chi connectivity index (χ3v) is 9.00. The molecule has 0 amide bonds. The highest BCUT2D eigenvalue weighted by Gasteiger charge is 2.64. The summed E-state index contributed by atoms with van der Waals surface area (Å²) in [6.45, 7) is 9.42. The Morgan fingerprint density at radius 1 is 1.00 bits per heavy atom. The first-order valence-electron chi connectivity index (χ1n) is 14.0. The molecule has 5 atom stereocenters. The maximum atomic E-state index is 14.7. The normalized spacial score (nSPS) is 29.5. The molecule has 230 valence electrons. The summed E-state index contributed by atoms with van der Waals surface area (Å²) in [4.78, 5) is 41.2. The molecule has 0 saturated heterocycles. The highest BCUT2D eigenvalue weighted by molar-refractivity contribution is 6.09. The summed E-state index contributed by atoms with van der Waals surface area (Å²) in [6.07, 6.45) is 2.18. The Morgan fingerprint density at radius 3 is 2.26 bits per heavy atom. The third kappa shape index (κ3) is 4.31. The van der Waals surface area contributed by atoms with Crippen LogP contribution in [-0.2, 0) is 38.7 Å². The van der Waals surface area contributed by atoms with Gasteiger partial charge in [-0.15, -0.1) is 0 Å². The number of methoxy groups -OCH3 is 2. The Hall–Kier alpha value is -4.25. The van der Waals surface area contributed by atoms with Crippen LogP contribution in [0.3, 0.4) is 0 Å². The quantitative estimate of drug-likeness (QED) is 0.378. The van der Waals surface area contributed by atoms with Gasteiger partial charge in [0.25, 0.3) is 0 Å². The van der Waals surface area contributed by atoms with Crippen molar-refractivity contribution in [1.29, 1.82) is 0 Å². The van der Waals surface area contributed by atoms with Crippen molar-refractivity contribution in [2.45, 2.75) is 64.8 Å². The van der Waals surface area contributed by atoms with Gasteiger partial charge in [0.1, 0.15) is 23.7 Å². The lowest BCUT2D eigenvalue weighted by molar-refractivity contribution is -0.177. The first-order chi connectivity index (χ1) is 20.4. The molecular weight excluding hydrogens is 560 g/mol. The molecule has 0 bridgehead atoms. The van der Waals surface area contributed by atoms with Gasteiger partial charge in [0, 0.05) is 28.2 Å². The zero-order valence-corrected chi connectivity index (χ0v) is 25.5. The van der Waals surface area contributed by atoms with Crippen LogP contribution in [0.4, 0.5) is 0 Å². The average Bonchev–Trinajstić information content (AvgIpc) is 3.63. The number of benzene rings is 1. The van der Waals surface area contributed by atoms with E-state index < -0.39 is 46.9 Å². The third-order valence-electron chi connectivity index (χ3n) is 9.00. The Labute approximate surface area is 249 Å². The molecule has 0 unspecified atom stereocenters. The molecule has 0 radical (unpaired) electrons. The van der Waals surface area contributed by atoms with E-state index in [2.05, 4.69) is 0 Å². The molecule has 0 aromatic heterocycles. The summed E-state index contributed by atoms with van der Waals surface area (Å²) in [5, 5.41) is 12.4. The molecule has 0 saturated carbocycles. The van der Waals surface area contributed by atoms with Crippen LogP contribution in [0.15, 0.2) is 52.5 Å². The van der Waals surface area contributed by atoms with E-state index in [9.17, 15) is 19.5 Å². The summed E-state index contributed by atoms with van der Waals surface area (Å²) in [5.41, 5.74) is -2.01. The topological polar surface area (TPSA) is 136 Å². The second kappa shape index (κ2) is 10.8. The number of allylic oxidation sites excluding steroid dienone is 4. The average molecular weight is 597 g/mol. The van der Waals surface area contributed by atoms with Gasteiger partial charge in [0.05, 0.1) is 14.2 Å². The van der Waals surface area contributed by atoms with Gasteiger partial charge in [0.2, 0.25) is 24.1 Å². The van der Waals surface area contributed by atoms with Crippen molar-refractivity contribution in [2.75, 3.05) is 27.6 Å². The van der Waals surface area contributed by atoms with Crippen LogP contribution in [0.1, 0.15) is 58.8 Å². The molecule has 0 fully saturated rings. The molecule has 1 spiro atoms. The van der Waals surface area contributed by atoms with Crippen LogP contribution in [-0.4, -0.2) is 62.2 Å². The van der Waals surface area contributed by atoms with Gasteiger partial charge >= 0.3 is 11.9 Å². The van der Waals surface area contributed by atoms with E-state index in [1.807, 2.05) is 0 Å². The molecule has 11 nitrogen and oxygen atoms in total. The van der Waals surface area contributed by atoms with Crippen molar-refractivity contribution in [2.24, 2.45) is 5.92 Å². The Balaban J connectivity index is 1.89. The van der Waals surface area contributed by atoms with Crippen molar-refractivity contribution in [1.82, 2.24) is 0 Å². The standard InChI is InChI=1S/C32H36O11/c1-9-15(3)29(34)42-23-17(5)31(6,36)28(43-30(35)16(4)10-2)19-12-20(37-7)25(38-8)27(33)32(19)13-39-26-22(32)18(23)11-21-24(26)41-14-40-21/h9-12,17,23,28,36H,13-14H2,1-8H3/b15-9-,16-10-/t17-,23+,28-,31-,32-/m0/s1. The number of ether oxygens (including phenoxy) is 7. The molecule has 2 heterocycles. The summed E-state index contributed by atoms with van der Waals surface area (Å²) >= 11 is 0. The molecule has 43 heavy (non-hydrogen) atoms. The monoisotopic (exact) mass is 596 g/mol. The second-order valence-electron chi connectivity index (χ2n) is 11.2. The highest BCUT2D eigenvalue weighted by atomic mass is 16.7. The first-order valence-corrected chi connectivity index (χ1v) is 14.0. The predicted octanol–water partition coefficient (Wildman–Crippen LogP) is 3.89. The summed E-state index contributed by atoms with van der Waals surface area (Å²) < 4.78 is 41.0. The van der Waals surface area contributed by atoms with E-state index in [1.54, 1.807) is 58.9 Å². The Kier molecular flexibility index (Phi) is 7.58. The van der Waals surface area contributed by atoms with E-state index in [0.717, 1.165) is 0 Å². The van der Waals surface area contributed by atoms with Gasteiger partial charge in [-0.05, 0) is 52.3 Å². The lowest BCUT2D eigenvalue weighted by atomic mass is 9.59. The van der Waals surface area contributed by atoms with Crippen molar-refractivity contribution in [3.05, 3.63) is 63.7 Å². The van der Waals surface area contributed by atoms with Crippen LogP contribution in [0.25, 0.3) is 0 Å². The fourth-order valence-electron chi connectivity index (χ4n) is 6.03. The van der Waals surface area contributed by atoms with E-state index in [-0.39, 0.29) is 42.0 Å².